The van der Waals surface area contributed by atoms with E-state index in [4.69, 9.17) is 0 Å². The number of amides is 1. The number of rotatable bonds is 6. The molecule has 0 heterocycles. The molecule has 0 saturated carbocycles. The summed E-state index contributed by atoms with van der Waals surface area (Å²) in [6.07, 6.45) is 2.11. The molecule has 0 saturated heterocycles. The van der Waals surface area contributed by atoms with E-state index in [1.165, 1.54) is 5.56 Å². The van der Waals surface area contributed by atoms with Crippen LogP contribution in [0.15, 0.2) is 54.6 Å². The van der Waals surface area contributed by atoms with Crippen molar-refractivity contribution in [2.75, 3.05) is 10.6 Å². The molecule has 3 heteroatoms. The van der Waals surface area contributed by atoms with Crippen LogP contribution >= 0.6 is 15.9 Å². The molecule has 0 bridgehead atoms. The molecule has 1 amide bonds. The predicted octanol–water partition coefficient (Wildman–Crippen LogP) is 4.76. The summed E-state index contributed by atoms with van der Waals surface area (Å²) in [4.78, 5) is 12.3. The molecule has 0 spiro atoms. The summed E-state index contributed by atoms with van der Waals surface area (Å²) in [5.41, 5.74) is 3.15. The monoisotopic (exact) mass is 345 g/mol. The first-order valence-corrected chi connectivity index (χ1v) is 8.33. The van der Waals surface area contributed by atoms with Gasteiger partial charge in [0.1, 0.15) is 0 Å². The topological polar surface area (TPSA) is 29.1 Å². The van der Waals surface area contributed by atoms with E-state index in [0.717, 1.165) is 29.4 Å². The first-order valence-electron chi connectivity index (χ1n) is 7.21. The molecule has 110 valence electrons. The second kappa shape index (κ2) is 7.99. The summed E-state index contributed by atoms with van der Waals surface area (Å²) >= 11 is 3.44. The number of carbonyl (C=O) groups excluding carboxylic acids is 1. The van der Waals surface area contributed by atoms with Crippen molar-refractivity contribution in [1.29, 1.82) is 0 Å². The van der Waals surface area contributed by atoms with Crippen molar-refractivity contribution in [3.05, 3.63) is 65.7 Å². The van der Waals surface area contributed by atoms with Crippen LogP contribution in [-0.2, 0) is 11.2 Å². The minimum absolute atomic E-state index is 0.0267. The molecule has 0 aliphatic carbocycles. The Hall–Kier alpha value is -1.61. The highest BCUT2D eigenvalue weighted by Crippen LogP contribution is 2.18. The molecule has 2 nitrogen and oxygen atoms in total. The third-order valence-electron chi connectivity index (χ3n) is 3.49. The van der Waals surface area contributed by atoms with Crippen molar-refractivity contribution in [3.63, 3.8) is 0 Å². The van der Waals surface area contributed by atoms with Crippen LogP contribution in [0.2, 0.25) is 0 Å². The lowest BCUT2D eigenvalue weighted by Crippen LogP contribution is -2.18. The predicted molar refractivity (Wildman–Crippen MR) is 92.0 cm³/mol. The number of halogens is 1. The number of nitrogens with one attached hydrogen (secondary N) is 1. The highest BCUT2D eigenvalue weighted by molar-refractivity contribution is 9.09. The van der Waals surface area contributed by atoms with Crippen molar-refractivity contribution in [2.45, 2.75) is 25.7 Å². The largest absolute Gasteiger partial charge is 0.326 e. The minimum atomic E-state index is -0.155. The smallest absolute Gasteiger partial charge is 0.231 e. The van der Waals surface area contributed by atoms with Crippen LogP contribution in [0.4, 0.5) is 5.69 Å². The Kier molecular flexibility index (Phi) is 6.00. The summed E-state index contributed by atoms with van der Waals surface area (Å²) in [7, 11) is 0. The summed E-state index contributed by atoms with van der Waals surface area (Å²) in [5.74, 6) is -0.128. The van der Waals surface area contributed by atoms with Crippen molar-refractivity contribution in [1.82, 2.24) is 0 Å². The maximum Gasteiger partial charge on any atom is 0.231 e. The van der Waals surface area contributed by atoms with Crippen molar-refractivity contribution in [2.24, 2.45) is 0 Å². The molecule has 2 aromatic rings. The zero-order valence-electron chi connectivity index (χ0n) is 12.2. The Morgan fingerprint density at radius 1 is 1.14 bits per heavy atom. The average molecular weight is 346 g/mol. The third-order valence-corrected chi connectivity index (χ3v) is 4.05. The van der Waals surface area contributed by atoms with Gasteiger partial charge in [0, 0.05) is 11.0 Å². The number of anilines is 1. The molecule has 0 aliphatic rings. The zero-order valence-corrected chi connectivity index (χ0v) is 13.8. The molecule has 21 heavy (non-hydrogen) atoms. The van der Waals surface area contributed by atoms with Crippen LogP contribution in [0, 0.1) is 0 Å². The molecule has 2 aromatic carbocycles. The fraction of sp³-hybridized carbons (Fsp3) is 0.278. The maximum absolute atomic E-state index is 12.3. The molecular formula is C18H20BrNO. The van der Waals surface area contributed by atoms with Crippen molar-refractivity contribution >= 4 is 27.5 Å². The lowest BCUT2D eigenvalue weighted by atomic mass is 10.0. The fourth-order valence-corrected chi connectivity index (χ4v) is 2.50. The van der Waals surface area contributed by atoms with Gasteiger partial charge in [0.15, 0.2) is 0 Å². The van der Waals surface area contributed by atoms with Gasteiger partial charge < -0.3 is 5.32 Å². The Balaban J connectivity index is 2.02. The van der Waals surface area contributed by atoms with E-state index in [0.29, 0.717) is 0 Å². The van der Waals surface area contributed by atoms with E-state index >= 15 is 0 Å². The highest BCUT2D eigenvalue weighted by Gasteiger charge is 2.14. The van der Waals surface area contributed by atoms with Gasteiger partial charge in [-0.2, -0.15) is 0 Å². The number of hydrogen-bond donors (Lipinski definition) is 1. The van der Waals surface area contributed by atoms with Crippen LogP contribution in [0.3, 0.4) is 0 Å². The Morgan fingerprint density at radius 3 is 2.62 bits per heavy atom. The Bertz CT molecular complexity index is 583. The number of aryl methyl sites for hydroxylation is 1. The summed E-state index contributed by atoms with van der Waals surface area (Å²) in [6, 6.07) is 17.9. The summed E-state index contributed by atoms with van der Waals surface area (Å²) < 4.78 is 0. The summed E-state index contributed by atoms with van der Waals surface area (Å²) in [6.45, 7) is 1.93. The second-order valence-corrected chi connectivity index (χ2v) is 5.91. The Labute approximate surface area is 134 Å². The molecule has 1 atom stereocenters. The van der Waals surface area contributed by atoms with E-state index in [2.05, 4.69) is 33.4 Å². The van der Waals surface area contributed by atoms with Gasteiger partial charge in [-0.3, -0.25) is 4.79 Å². The molecule has 1 N–H and O–H groups in total. The van der Waals surface area contributed by atoms with Crippen LogP contribution in [0.25, 0.3) is 0 Å². The molecule has 2 rings (SSSR count). The van der Waals surface area contributed by atoms with E-state index < -0.39 is 0 Å². The molecular weight excluding hydrogens is 326 g/mol. The fourth-order valence-electron chi connectivity index (χ4n) is 2.22. The van der Waals surface area contributed by atoms with Gasteiger partial charge in [0.25, 0.3) is 0 Å². The normalized spacial score (nSPS) is 11.9. The van der Waals surface area contributed by atoms with Crippen molar-refractivity contribution < 1.29 is 4.79 Å². The number of benzene rings is 2. The zero-order chi connectivity index (χ0) is 15.1. The van der Waals surface area contributed by atoms with Gasteiger partial charge in [-0.05, 0) is 43.0 Å². The first-order chi connectivity index (χ1) is 10.2. The van der Waals surface area contributed by atoms with Gasteiger partial charge in [-0.15, -0.1) is 0 Å². The lowest BCUT2D eigenvalue weighted by molar-refractivity contribution is -0.117. The second-order valence-electron chi connectivity index (χ2n) is 5.11. The van der Waals surface area contributed by atoms with Gasteiger partial charge in [0.2, 0.25) is 5.91 Å². The lowest BCUT2D eigenvalue weighted by Gasteiger charge is -2.13. The van der Waals surface area contributed by atoms with Crippen molar-refractivity contribution in [3.8, 4) is 0 Å². The van der Waals surface area contributed by atoms with Gasteiger partial charge in [-0.1, -0.05) is 58.4 Å². The molecule has 0 aromatic heterocycles. The van der Waals surface area contributed by atoms with E-state index in [-0.39, 0.29) is 11.8 Å². The van der Waals surface area contributed by atoms with Crippen LogP contribution in [-0.4, -0.2) is 11.2 Å². The molecule has 0 fully saturated rings. The molecule has 1 unspecified atom stereocenters. The van der Waals surface area contributed by atoms with Gasteiger partial charge in [0.05, 0.1) is 5.92 Å². The first kappa shape index (κ1) is 15.8. The number of alkyl halides is 1. The molecule has 0 radical (unpaired) electrons. The SMILES string of the molecule is CC(C(=O)Nc1cccc(CCCBr)c1)c1ccccc1. The number of carbonyl (C=O) groups is 1. The molecule has 0 aliphatic heterocycles. The summed E-state index contributed by atoms with van der Waals surface area (Å²) in [5, 5.41) is 4.00. The standard InChI is InChI=1S/C18H20BrNO/c1-14(16-9-3-2-4-10-16)18(21)20-17-11-5-7-15(13-17)8-6-12-19/h2-5,7,9-11,13-14H,6,8,12H2,1H3,(H,20,21). The highest BCUT2D eigenvalue weighted by atomic mass is 79.9. The van der Waals surface area contributed by atoms with E-state index in [1.807, 2.05) is 49.4 Å². The maximum atomic E-state index is 12.3. The average Bonchev–Trinajstić information content (AvgIpc) is 2.53. The van der Waals surface area contributed by atoms with Gasteiger partial charge >= 0.3 is 0 Å². The van der Waals surface area contributed by atoms with Crippen LogP contribution in [0.5, 0.6) is 0 Å². The third kappa shape index (κ3) is 4.71. The quantitative estimate of drug-likeness (QED) is 0.751. The van der Waals surface area contributed by atoms with E-state index in [9.17, 15) is 4.79 Å². The van der Waals surface area contributed by atoms with Crippen LogP contribution in [0.1, 0.15) is 30.4 Å². The minimum Gasteiger partial charge on any atom is -0.326 e. The van der Waals surface area contributed by atoms with Gasteiger partial charge in [-0.25, -0.2) is 0 Å². The van der Waals surface area contributed by atoms with Crippen LogP contribution < -0.4 is 5.32 Å². The Morgan fingerprint density at radius 2 is 1.90 bits per heavy atom. The number of hydrogen-bond acceptors (Lipinski definition) is 1. The van der Waals surface area contributed by atoms with E-state index in [1.54, 1.807) is 0 Å².